The number of ketones is 2. The minimum atomic E-state index is -1.01. The number of quaternary nitrogens is 1. The van der Waals surface area contributed by atoms with Crippen LogP contribution in [0, 0.1) is 0 Å². The van der Waals surface area contributed by atoms with Crippen molar-refractivity contribution in [3.8, 4) is 11.5 Å². The first-order chi connectivity index (χ1) is 21.7. The summed E-state index contributed by atoms with van der Waals surface area (Å²) in [6.07, 6.45) is 0.603. The fourth-order valence-corrected chi connectivity index (χ4v) is 6.63. The van der Waals surface area contributed by atoms with Gasteiger partial charge in [0.2, 0.25) is 6.41 Å². The number of benzene rings is 3. The lowest BCUT2D eigenvalue weighted by molar-refractivity contribution is -0.932. The van der Waals surface area contributed by atoms with Crippen molar-refractivity contribution in [2.24, 2.45) is 0 Å². The maximum atomic E-state index is 13.1. The van der Waals surface area contributed by atoms with Gasteiger partial charge in [-0.15, -0.1) is 0 Å². The van der Waals surface area contributed by atoms with Crippen molar-refractivity contribution in [3.63, 3.8) is 0 Å². The molecule has 3 aliphatic rings. The molecule has 1 aliphatic carbocycles. The first kappa shape index (κ1) is 30.3. The zero-order valence-corrected chi connectivity index (χ0v) is 25.2. The van der Waals surface area contributed by atoms with Gasteiger partial charge < -0.3 is 29.6 Å². The maximum Gasteiger partial charge on any atom is 0.329 e. The number of fused-ring (bicyclic) bond motifs is 2. The fourth-order valence-electron chi connectivity index (χ4n) is 6.63. The quantitative estimate of drug-likeness (QED) is 0.118. The molecule has 11 heteroatoms. The summed E-state index contributed by atoms with van der Waals surface area (Å²) in [4.78, 5) is 55.3. The zero-order valence-electron chi connectivity index (χ0n) is 25.2. The van der Waals surface area contributed by atoms with Gasteiger partial charge in [-0.05, 0) is 30.8 Å². The highest BCUT2D eigenvalue weighted by Gasteiger charge is 2.37. The van der Waals surface area contributed by atoms with E-state index in [9.17, 15) is 29.4 Å². The highest BCUT2D eigenvalue weighted by atomic mass is 16.5. The molecule has 0 bridgehead atoms. The van der Waals surface area contributed by atoms with Crippen molar-refractivity contribution in [1.29, 1.82) is 0 Å². The van der Waals surface area contributed by atoms with Gasteiger partial charge in [0.05, 0.1) is 50.4 Å². The molecule has 234 valence electrons. The number of esters is 1. The average Bonchev–Trinajstić information content (AvgIpc) is 3.05. The Morgan fingerprint density at radius 2 is 1.53 bits per heavy atom. The number of anilines is 1. The van der Waals surface area contributed by atoms with Gasteiger partial charge in [-0.25, -0.2) is 4.79 Å². The van der Waals surface area contributed by atoms with Crippen LogP contribution < -0.4 is 10.2 Å². The van der Waals surface area contributed by atoms with E-state index in [2.05, 4.69) is 22.2 Å². The molecule has 45 heavy (non-hydrogen) atoms. The number of hydrogen-bond acceptors (Lipinski definition) is 9. The van der Waals surface area contributed by atoms with Crippen molar-refractivity contribution >= 4 is 29.6 Å². The molecule has 6 rings (SSSR count). The van der Waals surface area contributed by atoms with Crippen LogP contribution in [-0.4, -0.2) is 109 Å². The minimum absolute atomic E-state index is 0.0449. The number of phenolic OH excluding ortho intramolecular Hbond substituents is 2. The molecule has 0 aromatic heterocycles. The van der Waals surface area contributed by atoms with Crippen molar-refractivity contribution < 1.29 is 38.6 Å². The van der Waals surface area contributed by atoms with Crippen LogP contribution in [0.5, 0.6) is 11.5 Å². The first-order valence-electron chi connectivity index (χ1n) is 15.2. The summed E-state index contributed by atoms with van der Waals surface area (Å²) in [5.41, 5.74) is 1.52. The van der Waals surface area contributed by atoms with Crippen LogP contribution in [0.1, 0.15) is 43.0 Å². The number of ether oxygens (including phenoxy) is 1. The number of aromatic hydroxyl groups is 2. The topological polar surface area (TPSA) is 136 Å². The van der Waals surface area contributed by atoms with Gasteiger partial charge in [-0.2, -0.15) is 0 Å². The molecule has 0 radical (unpaired) electrons. The van der Waals surface area contributed by atoms with Gasteiger partial charge in [0, 0.05) is 41.9 Å². The van der Waals surface area contributed by atoms with E-state index in [-0.39, 0.29) is 34.2 Å². The molecule has 1 atom stereocenters. The average molecular weight is 614 g/mol. The largest absolute Gasteiger partial charge is 0.507 e. The van der Waals surface area contributed by atoms with Crippen molar-refractivity contribution in [2.75, 3.05) is 64.3 Å². The number of piperazine rings is 2. The lowest BCUT2D eigenvalue weighted by atomic mass is 9.82. The Kier molecular flexibility index (Phi) is 8.30. The number of phenols is 2. The predicted octanol–water partition coefficient (Wildman–Crippen LogP) is 1.86. The zero-order chi connectivity index (χ0) is 31.7. The monoisotopic (exact) mass is 613 g/mol. The number of nitrogens with zero attached hydrogens (tertiary/aromatic N) is 3. The Morgan fingerprint density at radius 3 is 2.16 bits per heavy atom. The van der Waals surface area contributed by atoms with E-state index in [4.69, 9.17) is 4.74 Å². The molecule has 3 aromatic rings. The highest BCUT2D eigenvalue weighted by molar-refractivity contribution is 6.30. The van der Waals surface area contributed by atoms with E-state index < -0.39 is 41.7 Å². The number of carbonyl (C=O) groups is 4. The molecular weight excluding hydrogens is 576 g/mol. The van der Waals surface area contributed by atoms with E-state index in [0.717, 1.165) is 56.6 Å². The molecule has 2 saturated heterocycles. The van der Waals surface area contributed by atoms with E-state index >= 15 is 0 Å². The summed E-state index contributed by atoms with van der Waals surface area (Å²) in [5.74, 6) is -3.00. The summed E-state index contributed by atoms with van der Waals surface area (Å²) < 4.78 is 6.60. The molecule has 2 fully saturated rings. The normalized spacial score (nSPS) is 18.2. The molecule has 3 aromatic carbocycles. The third kappa shape index (κ3) is 5.88. The number of amides is 1. The number of nitrogens with one attached hydrogen (secondary N) is 1. The molecule has 1 unspecified atom stereocenters. The summed E-state index contributed by atoms with van der Waals surface area (Å²) >= 11 is 0. The molecule has 2 heterocycles. The fraction of sp³-hybridized carbons (Fsp3) is 0.353. The molecule has 0 saturated carbocycles. The molecule has 1 spiro atoms. The number of hydrogen-bond donors (Lipinski definition) is 3. The smallest absolute Gasteiger partial charge is 0.329 e. The Balaban J connectivity index is 1.09. The minimum Gasteiger partial charge on any atom is -0.507 e. The van der Waals surface area contributed by atoms with Crippen LogP contribution in [-0.2, 0) is 27.4 Å². The van der Waals surface area contributed by atoms with Crippen LogP contribution in [0.4, 0.5) is 5.69 Å². The third-order valence-corrected chi connectivity index (χ3v) is 9.49. The van der Waals surface area contributed by atoms with Gasteiger partial charge in [-0.1, -0.05) is 36.4 Å². The van der Waals surface area contributed by atoms with Crippen molar-refractivity contribution in [1.82, 2.24) is 10.2 Å². The summed E-state index contributed by atoms with van der Waals surface area (Å²) in [6, 6.07) is 14.2. The Morgan fingerprint density at radius 1 is 0.933 bits per heavy atom. The Bertz CT molecular complexity index is 1640. The Hall–Kier alpha value is -4.74. The summed E-state index contributed by atoms with van der Waals surface area (Å²) in [5, 5.41) is 24.1. The Labute approximate surface area is 261 Å². The van der Waals surface area contributed by atoms with Crippen LogP contribution >= 0.6 is 0 Å². The van der Waals surface area contributed by atoms with Gasteiger partial charge >= 0.3 is 5.97 Å². The molecule has 3 N–H and O–H groups in total. The number of carbonyl (C=O) groups excluding carboxylic acids is 4. The standard InChI is InChI=1S/C34H36N4O7/c1-36-10-14-38(15-11-36)16-12-37(13-17-38)24-8-6-22(7-9-24)18-27(35-21-39)34(44)45-20-23-19-28(40)29-30(31(23)41)33(43)26-5-3-2-4-25(26)32(29)42/h2-9,19,21,27H,10-18,20H2,1H3,(H2-,35,39,40,41,42,43)/p+1. The van der Waals surface area contributed by atoms with Crippen molar-refractivity contribution in [3.05, 3.63) is 88.0 Å². The predicted molar refractivity (Wildman–Crippen MR) is 165 cm³/mol. The van der Waals surface area contributed by atoms with E-state index in [1.54, 1.807) is 12.1 Å². The summed E-state index contributed by atoms with van der Waals surface area (Å²) in [6.45, 7) is 8.41. The second kappa shape index (κ2) is 12.3. The van der Waals surface area contributed by atoms with Crippen LogP contribution in [0.2, 0.25) is 0 Å². The number of likely N-dealkylation sites (N-methyl/N-ethyl adjacent to an activating group) is 1. The van der Waals surface area contributed by atoms with E-state index in [0.29, 0.717) is 6.41 Å². The molecule has 2 aliphatic heterocycles. The molecule has 11 nitrogen and oxygen atoms in total. The summed E-state index contributed by atoms with van der Waals surface area (Å²) in [7, 11) is 2.18. The second-order valence-electron chi connectivity index (χ2n) is 12.2. The SMILES string of the molecule is CN1CC[N+]2(CC1)CCN(c1ccc(CC(NC=O)C(=O)OCc3cc(O)c4c(c3O)C(=O)c3ccccc3C4=O)cc1)CC2. The van der Waals surface area contributed by atoms with E-state index in [1.165, 1.54) is 29.7 Å². The molecular formula is C34H37N4O7+. The van der Waals surface area contributed by atoms with E-state index in [1.807, 2.05) is 24.3 Å². The third-order valence-electron chi connectivity index (χ3n) is 9.49. The second-order valence-corrected chi connectivity index (χ2v) is 12.2. The van der Waals surface area contributed by atoms with Gasteiger partial charge in [0.25, 0.3) is 0 Å². The molecule has 1 amide bonds. The first-order valence-corrected chi connectivity index (χ1v) is 15.2. The van der Waals surface area contributed by atoms with Crippen LogP contribution in [0.25, 0.3) is 0 Å². The van der Waals surface area contributed by atoms with Gasteiger partial charge in [0.15, 0.2) is 11.6 Å². The van der Waals surface area contributed by atoms with Gasteiger partial charge in [0.1, 0.15) is 24.1 Å². The lowest BCUT2D eigenvalue weighted by Gasteiger charge is -2.49. The van der Waals surface area contributed by atoms with Gasteiger partial charge in [-0.3, -0.25) is 19.3 Å². The van der Waals surface area contributed by atoms with Crippen LogP contribution in [0.3, 0.4) is 0 Å². The maximum absolute atomic E-state index is 13.1. The number of rotatable bonds is 8. The van der Waals surface area contributed by atoms with Crippen LogP contribution in [0.15, 0.2) is 54.6 Å². The lowest BCUT2D eigenvalue weighted by Crippen LogP contribution is -2.65. The van der Waals surface area contributed by atoms with Crippen molar-refractivity contribution in [2.45, 2.75) is 19.1 Å². The highest BCUT2D eigenvalue weighted by Crippen LogP contribution is 2.40.